The third-order valence-electron chi connectivity index (χ3n) is 2.74. The van der Waals surface area contributed by atoms with Crippen molar-refractivity contribution >= 4 is 52.7 Å². The Kier molecular flexibility index (Phi) is 4.38. The smallest absolute Gasteiger partial charge is 0.126 e. The van der Waals surface area contributed by atoms with Crippen molar-refractivity contribution in [2.75, 3.05) is 6.26 Å². The maximum atomic E-state index is 10.9. The minimum Gasteiger partial charge on any atom is -0.303 e. The Morgan fingerprint density at radius 3 is 3.00 bits per heavy atom. The minimum absolute atomic E-state index is 0.0692. The predicted octanol–water partition coefficient (Wildman–Crippen LogP) is 3.38. The Morgan fingerprint density at radius 1 is 1.73 bits per heavy atom. The van der Waals surface area contributed by atoms with Gasteiger partial charge in [0.25, 0.3) is 0 Å². The molecule has 6 heteroatoms. The maximum Gasteiger partial charge on any atom is 0.126 e. The van der Waals surface area contributed by atoms with Crippen molar-refractivity contribution in [1.82, 2.24) is 0 Å². The van der Waals surface area contributed by atoms with Crippen LogP contribution in [0.3, 0.4) is 0 Å². The van der Waals surface area contributed by atoms with Gasteiger partial charge < -0.3 is 4.79 Å². The molecule has 15 heavy (non-hydrogen) atoms. The normalized spacial score (nSPS) is 43.7. The summed E-state index contributed by atoms with van der Waals surface area (Å²) in [7, 11) is 6.31. The summed E-state index contributed by atoms with van der Waals surface area (Å²) in [4.78, 5) is 12.6. The molecule has 0 aromatic rings. The van der Waals surface area contributed by atoms with Crippen LogP contribution in [0.25, 0.3) is 0 Å². The number of carbonyl (C=O) groups excluding carboxylic acids is 1. The average Bonchev–Trinajstić information content (AvgIpc) is 2.66. The second-order valence-corrected chi connectivity index (χ2v) is 18.9. The summed E-state index contributed by atoms with van der Waals surface area (Å²) in [6.45, 7) is 2.08. The molecule has 0 radical (unpaired) electrons. The van der Waals surface area contributed by atoms with Crippen LogP contribution in [-0.2, 0) is 22.6 Å². The zero-order valence-electron chi connectivity index (χ0n) is 8.80. The molecule has 0 aromatic heterocycles. The third kappa shape index (κ3) is 2.89. The lowest BCUT2D eigenvalue weighted by Crippen LogP contribution is -2.21. The van der Waals surface area contributed by atoms with Gasteiger partial charge in [0.05, 0.1) is 0 Å². The van der Waals surface area contributed by atoms with Gasteiger partial charge in [0.2, 0.25) is 0 Å². The Bertz CT molecular complexity index is 337. The molecule has 88 valence electrons. The van der Waals surface area contributed by atoms with Crippen molar-refractivity contribution < 1.29 is 4.79 Å². The van der Waals surface area contributed by atoms with Crippen molar-refractivity contribution in [2.24, 2.45) is 5.41 Å². The van der Waals surface area contributed by atoms with Gasteiger partial charge in [0.1, 0.15) is 6.29 Å². The van der Waals surface area contributed by atoms with E-state index in [-0.39, 0.29) is 14.4 Å². The van der Waals surface area contributed by atoms with Gasteiger partial charge >= 0.3 is 0 Å². The quantitative estimate of drug-likeness (QED) is 0.463. The van der Waals surface area contributed by atoms with Gasteiger partial charge in [-0.05, 0) is 50.1 Å². The van der Waals surface area contributed by atoms with E-state index in [4.69, 9.17) is 0 Å². The molecule has 0 fully saturated rings. The molecule has 0 bridgehead atoms. The van der Waals surface area contributed by atoms with Crippen LogP contribution in [0.1, 0.15) is 26.2 Å². The van der Waals surface area contributed by atoms with E-state index < -0.39 is 0 Å². The van der Waals surface area contributed by atoms with Gasteiger partial charge in [0.15, 0.2) is 0 Å². The summed E-state index contributed by atoms with van der Waals surface area (Å²) in [5.74, 6) is 0. The van der Waals surface area contributed by atoms with E-state index in [1.165, 1.54) is 0 Å². The summed E-state index contributed by atoms with van der Waals surface area (Å²) < 4.78 is 0. The number of hydrogen-bond acceptors (Lipinski definition) is 3. The molecule has 0 saturated heterocycles. The van der Waals surface area contributed by atoms with Crippen LogP contribution in [0, 0.1) is 5.41 Å². The first-order valence-electron chi connectivity index (χ1n) is 4.83. The standard InChI is InChI=1S/C9H16OS5/c1-9(7-10)5-3-8(4-6-9)15-13-11-12-14(15)2/h3,7,13-14H,4-6H2,1-2H3. The van der Waals surface area contributed by atoms with Crippen molar-refractivity contribution in [2.45, 2.75) is 26.2 Å². The fraction of sp³-hybridized carbons (Fsp3) is 0.667. The highest BCUT2D eigenvalue weighted by Crippen LogP contribution is 2.58. The largest absolute Gasteiger partial charge is 0.303 e. The van der Waals surface area contributed by atoms with Crippen molar-refractivity contribution in [1.29, 1.82) is 0 Å². The lowest BCUT2D eigenvalue weighted by molar-refractivity contribution is -0.115. The second-order valence-electron chi connectivity index (χ2n) is 4.07. The number of allylic oxidation sites excluding steroid dienone is 2. The number of hydrogen-bond donors (Lipinski definition) is 2. The molecule has 0 saturated carbocycles. The molecule has 0 amide bonds. The highest BCUT2D eigenvalue weighted by Gasteiger charge is 2.28. The SMILES string of the molecule is C[SH]1SS[SH]=S1C1=CCC(C)(C=O)CC1. The lowest BCUT2D eigenvalue weighted by Gasteiger charge is -2.28. The van der Waals surface area contributed by atoms with E-state index in [1.54, 1.807) is 14.3 Å². The molecule has 0 spiro atoms. The predicted molar refractivity (Wildman–Crippen MR) is 82.3 cm³/mol. The highest BCUT2D eigenvalue weighted by atomic mass is 34.0. The van der Waals surface area contributed by atoms with Gasteiger partial charge in [-0.25, -0.2) is 0 Å². The number of thiol groups is 2. The first-order valence-corrected chi connectivity index (χ1v) is 13.3. The first-order chi connectivity index (χ1) is 7.14. The molecule has 3 unspecified atom stereocenters. The molecule has 1 aliphatic carbocycles. The fourth-order valence-corrected chi connectivity index (χ4v) is 30.8. The third-order valence-corrected chi connectivity index (χ3v) is 24.6. The van der Waals surface area contributed by atoms with Gasteiger partial charge in [-0.3, -0.25) is 0 Å². The Labute approximate surface area is 106 Å². The van der Waals surface area contributed by atoms with Crippen molar-refractivity contribution in [3.8, 4) is 0 Å². The molecular weight excluding hydrogens is 284 g/mol. The molecule has 2 rings (SSSR count). The number of carbonyl (C=O) groups is 1. The van der Waals surface area contributed by atoms with E-state index in [0.29, 0.717) is 8.49 Å². The lowest BCUT2D eigenvalue weighted by atomic mass is 9.80. The molecular formula is C9H16OS5. The minimum atomic E-state index is -0.0692. The Morgan fingerprint density at radius 2 is 2.53 bits per heavy atom. The molecule has 1 heterocycles. The molecule has 2 aliphatic rings. The topological polar surface area (TPSA) is 17.1 Å². The summed E-state index contributed by atoms with van der Waals surface area (Å²) in [5, 5.41) is 0. The van der Waals surface area contributed by atoms with Gasteiger partial charge in [-0.15, -0.1) is 8.96 Å². The average molecular weight is 301 g/mol. The monoisotopic (exact) mass is 300 g/mol. The summed E-state index contributed by atoms with van der Waals surface area (Å²) >= 11 is 0. The molecule has 0 N–H and O–H groups in total. The van der Waals surface area contributed by atoms with Crippen LogP contribution in [-0.4, -0.2) is 12.5 Å². The van der Waals surface area contributed by atoms with Crippen molar-refractivity contribution in [3.63, 3.8) is 0 Å². The second kappa shape index (κ2) is 5.21. The van der Waals surface area contributed by atoms with Crippen LogP contribution < -0.4 is 0 Å². The van der Waals surface area contributed by atoms with Crippen LogP contribution in [0.15, 0.2) is 11.0 Å². The summed E-state index contributed by atoms with van der Waals surface area (Å²) in [6, 6.07) is 0. The highest BCUT2D eigenvalue weighted by molar-refractivity contribution is 9.49. The van der Waals surface area contributed by atoms with Crippen LogP contribution in [0.2, 0.25) is 0 Å². The summed E-state index contributed by atoms with van der Waals surface area (Å²) in [5.41, 5.74) is -0.0692. The first kappa shape index (κ1) is 12.6. The van der Waals surface area contributed by atoms with Crippen LogP contribution >= 0.6 is 28.6 Å². The van der Waals surface area contributed by atoms with E-state index in [0.717, 1.165) is 25.5 Å². The molecule has 0 aromatic carbocycles. The van der Waals surface area contributed by atoms with Gasteiger partial charge in [-0.1, -0.05) is 30.8 Å². The summed E-state index contributed by atoms with van der Waals surface area (Å²) in [6.07, 6.45) is 9.07. The Balaban J connectivity index is 2.11. The molecule has 1 aliphatic heterocycles. The van der Waals surface area contributed by atoms with Gasteiger partial charge in [-0.2, -0.15) is 0 Å². The van der Waals surface area contributed by atoms with Crippen LogP contribution in [0.5, 0.6) is 0 Å². The van der Waals surface area contributed by atoms with Gasteiger partial charge in [0, 0.05) is 5.41 Å². The van der Waals surface area contributed by atoms with Crippen LogP contribution in [0.4, 0.5) is 0 Å². The number of rotatable bonds is 2. The molecule has 3 atom stereocenters. The van der Waals surface area contributed by atoms with E-state index in [9.17, 15) is 4.79 Å². The van der Waals surface area contributed by atoms with E-state index in [1.807, 2.05) is 9.83 Å². The number of aldehydes is 1. The Hall–Kier alpha value is 1.16. The van der Waals surface area contributed by atoms with Crippen molar-refractivity contribution in [3.05, 3.63) is 11.0 Å². The fourth-order valence-electron chi connectivity index (χ4n) is 1.61. The maximum absolute atomic E-state index is 10.9. The molecule has 1 nitrogen and oxygen atoms in total. The zero-order valence-corrected chi connectivity index (χ0v) is 13.0. The van der Waals surface area contributed by atoms with E-state index in [2.05, 4.69) is 29.1 Å². The zero-order chi connectivity index (χ0) is 10.9. The van der Waals surface area contributed by atoms with E-state index >= 15 is 0 Å².